The zero-order valence-corrected chi connectivity index (χ0v) is 16.6. The van der Waals surface area contributed by atoms with Gasteiger partial charge < -0.3 is 20.3 Å². The highest BCUT2D eigenvalue weighted by Gasteiger charge is 2.28. The first-order valence-electron chi connectivity index (χ1n) is 8.99. The van der Waals surface area contributed by atoms with Crippen molar-refractivity contribution in [1.82, 2.24) is 15.5 Å². The van der Waals surface area contributed by atoms with E-state index in [4.69, 9.17) is 4.74 Å². The van der Waals surface area contributed by atoms with Crippen molar-refractivity contribution in [3.8, 4) is 5.75 Å². The molecule has 2 atom stereocenters. The molecule has 0 saturated carbocycles. The van der Waals surface area contributed by atoms with Crippen LogP contribution in [0.15, 0.2) is 24.3 Å². The van der Waals surface area contributed by atoms with Gasteiger partial charge in [-0.2, -0.15) is 0 Å². The van der Waals surface area contributed by atoms with Gasteiger partial charge in [0, 0.05) is 30.7 Å². The normalized spacial score (nSPS) is 19.4. The number of nitrogens with zero attached hydrogens (tertiary/aromatic N) is 1. The van der Waals surface area contributed by atoms with Crippen LogP contribution in [0.4, 0.5) is 0 Å². The molecule has 6 nitrogen and oxygen atoms in total. The van der Waals surface area contributed by atoms with E-state index in [0.717, 1.165) is 19.4 Å². The van der Waals surface area contributed by atoms with Gasteiger partial charge in [-0.05, 0) is 64.4 Å². The molecule has 2 N–H and O–H groups in total. The molecule has 1 fully saturated rings. The molecule has 1 saturated heterocycles. The third-order valence-corrected chi connectivity index (χ3v) is 4.62. The van der Waals surface area contributed by atoms with Gasteiger partial charge >= 0.3 is 0 Å². The molecule has 0 aliphatic carbocycles. The number of benzene rings is 1. The summed E-state index contributed by atoms with van der Waals surface area (Å²) < 4.78 is 5.62. The van der Waals surface area contributed by atoms with Gasteiger partial charge in [-0.1, -0.05) is 0 Å². The van der Waals surface area contributed by atoms with Gasteiger partial charge in [0.2, 0.25) is 0 Å². The SMILES string of the molecule is CNCCNC(=O)c1ccc(OCC(=O)N2C(C)CCCC2C)cc1.Cl. The van der Waals surface area contributed by atoms with Gasteiger partial charge in [-0.15, -0.1) is 12.4 Å². The first kappa shape index (κ1) is 22.3. The Kier molecular flexibility index (Phi) is 9.44. The zero-order chi connectivity index (χ0) is 18.2. The maximum Gasteiger partial charge on any atom is 0.260 e. The van der Waals surface area contributed by atoms with Crippen LogP contribution >= 0.6 is 12.4 Å². The molecular formula is C19H30ClN3O3. The van der Waals surface area contributed by atoms with Crippen LogP contribution < -0.4 is 15.4 Å². The fraction of sp³-hybridized carbons (Fsp3) is 0.579. The van der Waals surface area contributed by atoms with Crippen LogP contribution in [0.5, 0.6) is 5.75 Å². The number of carbonyl (C=O) groups is 2. The minimum atomic E-state index is -0.117. The fourth-order valence-electron chi connectivity index (χ4n) is 3.24. The molecule has 1 aromatic rings. The minimum Gasteiger partial charge on any atom is -0.484 e. The number of piperidine rings is 1. The average molecular weight is 384 g/mol. The summed E-state index contributed by atoms with van der Waals surface area (Å²) in [6, 6.07) is 7.40. The molecule has 0 aromatic heterocycles. The van der Waals surface area contributed by atoms with E-state index in [2.05, 4.69) is 24.5 Å². The number of amides is 2. The summed E-state index contributed by atoms with van der Waals surface area (Å²) in [7, 11) is 1.84. The van der Waals surface area contributed by atoms with E-state index in [-0.39, 0.29) is 42.9 Å². The van der Waals surface area contributed by atoms with E-state index in [1.54, 1.807) is 24.3 Å². The smallest absolute Gasteiger partial charge is 0.260 e. The van der Waals surface area contributed by atoms with E-state index in [0.29, 0.717) is 17.9 Å². The Morgan fingerprint density at radius 1 is 1.12 bits per heavy atom. The maximum absolute atomic E-state index is 12.4. The second-order valence-corrected chi connectivity index (χ2v) is 6.60. The third kappa shape index (κ3) is 6.18. The monoisotopic (exact) mass is 383 g/mol. The Morgan fingerprint density at radius 2 is 1.73 bits per heavy atom. The molecule has 26 heavy (non-hydrogen) atoms. The van der Waals surface area contributed by atoms with E-state index in [1.165, 1.54) is 6.42 Å². The summed E-state index contributed by atoms with van der Waals surface area (Å²) in [6.07, 6.45) is 3.27. The molecular weight excluding hydrogens is 354 g/mol. The highest BCUT2D eigenvalue weighted by Crippen LogP contribution is 2.22. The van der Waals surface area contributed by atoms with Crippen molar-refractivity contribution in [3.63, 3.8) is 0 Å². The molecule has 146 valence electrons. The minimum absolute atomic E-state index is 0. The molecule has 2 amide bonds. The van der Waals surface area contributed by atoms with E-state index in [1.807, 2.05) is 11.9 Å². The first-order chi connectivity index (χ1) is 12.0. The van der Waals surface area contributed by atoms with Gasteiger partial charge in [0.15, 0.2) is 6.61 Å². The lowest BCUT2D eigenvalue weighted by molar-refractivity contribution is -0.139. The molecule has 2 unspecified atom stereocenters. The zero-order valence-electron chi connectivity index (χ0n) is 15.8. The van der Waals surface area contributed by atoms with Crippen molar-refractivity contribution >= 4 is 24.2 Å². The van der Waals surface area contributed by atoms with Crippen LogP contribution in [0.2, 0.25) is 0 Å². The number of hydrogen-bond acceptors (Lipinski definition) is 4. The summed E-state index contributed by atoms with van der Waals surface area (Å²) >= 11 is 0. The Labute approximate surface area is 162 Å². The average Bonchev–Trinajstić information content (AvgIpc) is 2.60. The second kappa shape index (κ2) is 11.0. The largest absolute Gasteiger partial charge is 0.484 e. The molecule has 2 rings (SSSR count). The lowest BCUT2D eigenvalue weighted by Crippen LogP contribution is -2.49. The van der Waals surface area contributed by atoms with Crippen LogP contribution in [0.3, 0.4) is 0 Å². The lowest BCUT2D eigenvalue weighted by Gasteiger charge is -2.38. The van der Waals surface area contributed by atoms with Crippen LogP contribution in [0.25, 0.3) is 0 Å². The molecule has 1 heterocycles. The van der Waals surface area contributed by atoms with E-state index >= 15 is 0 Å². The Bertz CT molecular complexity index is 570. The number of rotatable bonds is 7. The van der Waals surface area contributed by atoms with Crippen molar-refractivity contribution in [2.45, 2.75) is 45.2 Å². The Morgan fingerprint density at radius 3 is 2.31 bits per heavy atom. The summed E-state index contributed by atoms with van der Waals surface area (Å²) in [4.78, 5) is 26.3. The van der Waals surface area contributed by atoms with E-state index in [9.17, 15) is 9.59 Å². The van der Waals surface area contributed by atoms with Crippen molar-refractivity contribution in [1.29, 1.82) is 0 Å². The fourth-order valence-corrected chi connectivity index (χ4v) is 3.24. The molecule has 0 radical (unpaired) electrons. The van der Waals surface area contributed by atoms with Gasteiger partial charge in [0.25, 0.3) is 11.8 Å². The van der Waals surface area contributed by atoms with Crippen LogP contribution in [-0.4, -0.2) is 55.5 Å². The Balaban J connectivity index is 0.00000338. The van der Waals surface area contributed by atoms with Gasteiger partial charge in [-0.25, -0.2) is 0 Å². The van der Waals surface area contributed by atoms with Crippen molar-refractivity contribution in [3.05, 3.63) is 29.8 Å². The summed E-state index contributed by atoms with van der Waals surface area (Å²) in [6.45, 7) is 5.52. The molecule has 1 aliphatic heterocycles. The standard InChI is InChI=1S/C19H29N3O3.ClH/c1-14-5-4-6-15(2)22(14)18(23)13-25-17-9-7-16(8-10-17)19(24)21-12-11-20-3;/h7-10,14-15,20H,4-6,11-13H2,1-3H3,(H,21,24);1H. The van der Waals surface area contributed by atoms with Gasteiger partial charge in [0.1, 0.15) is 5.75 Å². The number of ether oxygens (including phenoxy) is 1. The molecule has 7 heteroatoms. The summed E-state index contributed by atoms with van der Waals surface area (Å²) in [5.74, 6) is 0.500. The second-order valence-electron chi connectivity index (χ2n) is 6.60. The van der Waals surface area contributed by atoms with E-state index < -0.39 is 0 Å². The highest BCUT2D eigenvalue weighted by atomic mass is 35.5. The van der Waals surface area contributed by atoms with Crippen molar-refractivity contribution < 1.29 is 14.3 Å². The predicted octanol–water partition coefficient (Wildman–Crippen LogP) is 2.23. The van der Waals surface area contributed by atoms with Gasteiger partial charge in [-0.3, -0.25) is 9.59 Å². The number of halogens is 1. The number of hydrogen-bond donors (Lipinski definition) is 2. The quantitative estimate of drug-likeness (QED) is 0.708. The maximum atomic E-state index is 12.4. The highest BCUT2D eigenvalue weighted by molar-refractivity contribution is 5.94. The Hall–Kier alpha value is -1.79. The van der Waals surface area contributed by atoms with Gasteiger partial charge in [0.05, 0.1) is 0 Å². The molecule has 0 spiro atoms. The summed E-state index contributed by atoms with van der Waals surface area (Å²) in [5, 5.41) is 5.79. The third-order valence-electron chi connectivity index (χ3n) is 4.62. The predicted molar refractivity (Wildman–Crippen MR) is 105 cm³/mol. The summed E-state index contributed by atoms with van der Waals surface area (Å²) in [5.41, 5.74) is 0.577. The van der Waals surface area contributed by atoms with Crippen LogP contribution in [0, 0.1) is 0 Å². The topological polar surface area (TPSA) is 70.7 Å². The molecule has 0 bridgehead atoms. The number of nitrogens with one attached hydrogen (secondary N) is 2. The number of carbonyl (C=O) groups excluding carboxylic acids is 2. The lowest BCUT2D eigenvalue weighted by atomic mass is 9.97. The van der Waals surface area contributed by atoms with Crippen molar-refractivity contribution in [2.75, 3.05) is 26.7 Å². The molecule has 1 aliphatic rings. The first-order valence-corrected chi connectivity index (χ1v) is 8.99. The van der Waals surface area contributed by atoms with Crippen LogP contribution in [-0.2, 0) is 4.79 Å². The number of likely N-dealkylation sites (N-methyl/N-ethyl adjacent to an activating group) is 1. The van der Waals surface area contributed by atoms with Crippen LogP contribution in [0.1, 0.15) is 43.5 Å². The number of likely N-dealkylation sites (tertiary alicyclic amines) is 1. The molecule has 1 aromatic carbocycles. The van der Waals surface area contributed by atoms with Crippen molar-refractivity contribution in [2.24, 2.45) is 0 Å².